The lowest BCUT2D eigenvalue weighted by Gasteiger charge is -2.40. The van der Waals surface area contributed by atoms with E-state index in [-0.39, 0.29) is 74.7 Å². The molecule has 0 fully saturated rings. The minimum atomic E-state index is -4.21. The first-order chi connectivity index (χ1) is 19.8. The largest absolute Gasteiger partial charge is 0.454 e. The summed E-state index contributed by atoms with van der Waals surface area (Å²) in [6.07, 6.45) is 0.291. The number of aliphatic hydroxyl groups is 1. The van der Waals surface area contributed by atoms with Crippen molar-refractivity contribution in [1.82, 2.24) is 14.9 Å². The number of amides is 2. The number of nitrogens with zero attached hydrogens (tertiary/aromatic N) is 1. The van der Waals surface area contributed by atoms with Crippen LogP contribution >= 0.6 is 0 Å². The number of carbonyl (C=O) groups is 2. The van der Waals surface area contributed by atoms with Crippen molar-refractivity contribution in [2.75, 3.05) is 33.0 Å². The number of nitrogens with one attached hydrogen (secondary N) is 2. The van der Waals surface area contributed by atoms with E-state index in [1.807, 2.05) is 58.0 Å². The molecule has 232 valence electrons. The third-order valence-corrected chi connectivity index (χ3v) is 8.80. The molecule has 1 heterocycles. The van der Waals surface area contributed by atoms with Crippen LogP contribution < -0.4 is 25.8 Å². The van der Waals surface area contributed by atoms with Crippen LogP contribution in [0.5, 0.6) is 11.5 Å². The second-order valence-electron chi connectivity index (χ2n) is 11.8. The number of hydrogen-bond donors (Lipinski definition) is 4. The van der Waals surface area contributed by atoms with Gasteiger partial charge in [-0.3, -0.25) is 9.59 Å². The number of benzene rings is 2. The van der Waals surface area contributed by atoms with Crippen LogP contribution in [0.4, 0.5) is 0 Å². The molecule has 1 aliphatic rings. The van der Waals surface area contributed by atoms with Gasteiger partial charge in [-0.1, -0.05) is 58.0 Å². The van der Waals surface area contributed by atoms with Crippen LogP contribution in [0.3, 0.4) is 0 Å². The average molecular weight is 605 g/mol. The molecule has 3 rings (SSSR count). The van der Waals surface area contributed by atoms with E-state index in [9.17, 15) is 23.1 Å². The molecule has 0 saturated heterocycles. The number of sulfonamides is 1. The van der Waals surface area contributed by atoms with Gasteiger partial charge in [0.15, 0.2) is 11.5 Å². The summed E-state index contributed by atoms with van der Waals surface area (Å²) in [6, 6.07) is 13.5. The monoisotopic (exact) mass is 604 g/mol. The number of carbonyl (C=O) groups excluding carboxylic acids is 2. The molecular formula is C30H44N4O7S. The number of nitrogens with two attached hydrogens (primary N) is 1. The fourth-order valence-electron chi connectivity index (χ4n) is 4.73. The Bertz CT molecular complexity index is 1320. The summed E-state index contributed by atoms with van der Waals surface area (Å²) < 4.78 is 40.1. The smallest absolute Gasteiger partial charge is 0.245 e. The van der Waals surface area contributed by atoms with E-state index >= 15 is 0 Å². The number of rotatable bonds is 16. The maximum absolute atomic E-state index is 14.1. The van der Waals surface area contributed by atoms with Gasteiger partial charge in [0.05, 0.1) is 4.90 Å². The van der Waals surface area contributed by atoms with Crippen LogP contribution in [0.2, 0.25) is 0 Å². The highest BCUT2D eigenvalue weighted by Gasteiger charge is 2.43. The van der Waals surface area contributed by atoms with Gasteiger partial charge < -0.3 is 30.9 Å². The molecule has 11 nitrogen and oxygen atoms in total. The van der Waals surface area contributed by atoms with Gasteiger partial charge in [-0.2, -0.15) is 4.31 Å². The van der Waals surface area contributed by atoms with Gasteiger partial charge in [-0.15, -0.1) is 0 Å². The van der Waals surface area contributed by atoms with Gasteiger partial charge in [0.2, 0.25) is 28.6 Å². The highest BCUT2D eigenvalue weighted by molar-refractivity contribution is 7.89. The van der Waals surface area contributed by atoms with Gasteiger partial charge in [0, 0.05) is 57.9 Å². The molecule has 0 bridgehead atoms. The summed E-state index contributed by atoms with van der Waals surface area (Å²) in [5, 5.41) is 17.8. The molecule has 0 radical (unpaired) electrons. The van der Waals surface area contributed by atoms with Crippen molar-refractivity contribution in [3.05, 3.63) is 54.1 Å². The lowest BCUT2D eigenvalue weighted by molar-refractivity contribution is -0.125. The minimum Gasteiger partial charge on any atom is -0.454 e. The van der Waals surface area contributed by atoms with E-state index in [4.69, 9.17) is 15.2 Å². The molecule has 12 heteroatoms. The van der Waals surface area contributed by atoms with Gasteiger partial charge in [0.25, 0.3) is 0 Å². The standard InChI is InChI=1S/C30H44N4O7S/c1-22(2)19-34(42(38,39)24-10-11-25-26(16-24)41-21-40-25)30(37,17-23-8-6-5-7-9-23)13-15-32-28(36)18-29(3,4)20-33-27(35)12-14-31/h5-11,16,22,37H,12-15,17-21,31H2,1-4H3,(H,32,36)(H,33,35). The average Bonchev–Trinajstić information content (AvgIpc) is 3.39. The summed E-state index contributed by atoms with van der Waals surface area (Å²) in [7, 11) is -4.21. The van der Waals surface area contributed by atoms with Crippen molar-refractivity contribution in [2.24, 2.45) is 17.1 Å². The second-order valence-corrected chi connectivity index (χ2v) is 13.7. The highest BCUT2D eigenvalue weighted by atomic mass is 32.2. The SMILES string of the molecule is CC(C)CN(C(O)(CCNC(=O)CC(C)(C)CNC(=O)CCN)Cc1ccccc1)S(=O)(=O)c1ccc2c(c1)OCO2. The van der Waals surface area contributed by atoms with Crippen molar-refractivity contribution in [3.8, 4) is 11.5 Å². The fourth-order valence-corrected chi connectivity index (χ4v) is 6.58. The lowest BCUT2D eigenvalue weighted by Crippen LogP contribution is -2.55. The number of hydrogen-bond acceptors (Lipinski definition) is 8. The molecule has 2 aromatic carbocycles. The van der Waals surface area contributed by atoms with Crippen molar-refractivity contribution < 1.29 is 32.6 Å². The van der Waals surface area contributed by atoms with Crippen molar-refractivity contribution in [1.29, 1.82) is 0 Å². The van der Waals surface area contributed by atoms with Crippen LogP contribution in [-0.4, -0.2) is 68.3 Å². The van der Waals surface area contributed by atoms with Crippen LogP contribution in [-0.2, 0) is 26.0 Å². The van der Waals surface area contributed by atoms with Crippen LogP contribution in [0.25, 0.3) is 0 Å². The summed E-state index contributed by atoms with van der Waals surface area (Å²) in [5.41, 5.74) is 3.78. The Morgan fingerprint density at radius 2 is 1.74 bits per heavy atom. The van der Waals surface area contributed by atoms with Gasteiger partial charge in [-0.05, 0) is 29.0 Å². The lowest BCUT2D eigenvalue weighted by atomic mass is 9.88. The molecule has 1 aliphatic heterocycles. The van der Waals surface area contributed by atoms with Crippen molar-refractivity contribution >= 4 is 21.8 Å². The van der Waals surface area contributed by atoms with E-state index in [2.05, 4.69) is 10.6 Å². The van der Waals surface area contributed by atoms with E-state index < -0.39 is 21.2 Å². The summed E-state index contributed by atoms with van der Waals surface area (Å²) in [5.74, 6) is 0.214. The fraction of sp³-hybridized carbons (Fsp3) is 0.533. The van der Waals surface area contributed by atoms with E-state index in [1.165, 1.54) is 12.1 Å². The zero-order valence-corrected chi connectivity index (χ0v) is 25.7. The van der Waals surface area contributed by atoms with Crippen molar-refractivity contribution in [2.45, 2.75) is 64.0 Å². The van der Waals surface area contributed by atoms with Gasteiger partial charge >= 0.3 is 0 Å². The molecule has 2 aromatic rings. The maximum atomic E-state index is 14.1. The molecule has 1 unspecified atom stereocenters. The first-order valence-electron chi connectivity index (χ1n) is 14.2. The predicted molar refractivity (Wildman–Crippen MR) is 159 cm³/mol. The highest BCUT2D eigenvalue weighted by Crippen LogP contribution is 2.37. The Kier molecular flexibility index (Phi) is 11.4. The summed E-state index contributed by atoms with van der Waals surface area (Å²) in [4.78, 5) is 24.6. The molecule has 5 N–H and O–H groups in total. The van der Waals surface area contributed by atoms with Crippen LogP contribution in [0.1, 0.15) is 52.5 Å². The quantitative estimate of drug-likeness (QED) is 0.213. The third-order valence-electron chi connectivity index (χ3n) is 6.88. The van der Waals surface area contributed by atoms with Crippen LogP contribution in [0, 0.1) is 11.3 Å². The number of ether oxygens (including phenoxy) is 2. The Labute approximate surface area is 248 Å². The second kappa shape index (κ2) is 14.3. The Hall–Kier alpha value is -3.19. The molecule has 0 saturated carbocycles. The maximum Gasteiger partial charge on any atom is 0.245 e. The summed E-state index contributed by atoms with van der Waals surface area (Å²) >= 11 is 0. The minimum absolute atomic E-state index is 0.00304. The molecule has 0 aromatic heterocycles. The molecule has 2 amide bonds. The predicted octanol–water partition coefficient (Wildman–Crippen LogP) is 2.38. The Morgan fingerprint density at radius 1 is 1.05 bits per heavy atom. The first kappa shape index (κ1) is 33.3. The Morgan fingerprint density at radius 3 is 2.40 bits per heavy atom. The molecule has 0 spiro atoms. The molecular weight excluding hydrogens is 560 g/mol. The normalized spacial score (nSPS) is 14.6. The van der Waals surface area contributed by atoms with E-state index in [0.717, 1.165) is 9.87 Å². The van der Waals surface area contributed by atoms with Crippen LogP contribution in [0.15, 0.2) is 53.4 Å². The topological polar surface area (TPSA) is 160 Å². The molecule has 42 heavy (non-hydrogen) atoms. The summed E-state index contributed by atoms with van der Waals surface area (Å²) in [6.45, 7) is 8.11. The molecule has 0 aliphatic carbocycles. The third kappa shape index (κ3) is 9.15. The first-order valence-corrected chi connectivity index (χ1v) is 15.6. The van der Waals surface area contributed by atoms with Crippen molar-refractivity contribution in [3.63, 3.8) is 0 Å². The molecule has 1 atom stereocenters. The van der Waals surface area contributed by atoms with Gasteiger partial charge in [-0.25, -0.2) is 8.42 Å². The Balaban J connectivity index is 1.82. The van der Waals surface area contributed by atoms with Gasteiger partial charge in [0.1, 0.15) is 5.72 Å². The zero-order chi connectivity index (χ0) is 31.0. The van der Waals surface area contributed by atoms with E-state index in [1.54, 1.807) is 6.07 Å². The zero-order valence-electron chi connectivity index (χ0n) is 24.9. The van der Waals surface area contributed by atoms with E-state index in [0.29, 0.717) is 18.0 Å². The number of fused-ring (bicyclic) bond motifs is 1.